The Kier molecular flexibility index (Phi) is 35.6. The van der Waals surface area contributed by atoms with Crippen LogP contribution in [0.15, 0.2) is 0 Å². The zero-order valence-electron chi connectivity index (χ0n) is 6.00. The molecule has 0 aromatic heterocycles. The Morgan fingerprint density at radius 2 is 1.86 bits per heavy atom. The zero-order chi connectivity index (χ0) is 5.58. The van der Waals surface area contributed by atoms with Crippen molar-refractivity contribution in [3.63, 3.8) is 0 Å². The van der Waals surface area contributed by atoms with Crippen molar-refractivity contribution in [2.75, 3.05) is 0 Å². The Bertz CT molecular complexity index is 42.8. The van der Waals surface area contributed by atoms with Gasteiger partial charge in [0.2, 0.25) is 0 Å². The third-order valence-corrected chi connectivity index (χ3v) is 0. The summed E-state index contributed by atoms with van der Waals surface area (Å²) in [6.07, 6.45) is 0. The van der Waals surface area contributed by atoms with Gasteiger partial charge >= 0.3 is 37.7 Å². The van der Waals surface area contributed by atoms with Crippen molar-refractivity contribution >= 4 is 48.1 Å². The summed E-state index contributed by atoms with van der Waals surface area (Å²) in [4.78, 5) is 8.36. The number of nitrogens with zero attached hydrogens (tertiary/aromatic N) is 1. The fourth-order valence-electron chi connectivity index (χ4n) is 0. The van der Waals surface area contributed by atoms with E-state index in [2.05, 4.69) is 5.40 Å². The molecule has 0 aromatic carbocycles. The average Bonchev–Trinajstić information content (AvgIpc) is 1.41. The van der Waals surface area contributed by atoms with E-state index in [1.165, 1.54) is 0 Å². The predicted molar refractivity (Wildman–Crippen MR) is 30.9 cm³/mol. The molecule has 0 saturated carbocycles. The molecule has 42 valence electrons. The molecule has 0 amide bonds. The van der Waals surface area contributed by atoms with E-state index in [0.29, 0.717) is 0 Å². The van der Waals surface area contributed by atoms with Crippen molar-refractivity contribution in [2.45, 2.75) is 0 Å². The molecular formula is H8CaN2O3Si. The Hall–Kier alpha value is 0.637. The van der Waals surface area contributed by atoms with Gasteiger partial charge in [0.1, 0.15) is 0 Å². The second kappa shape index (κ2) is 15.9. The monoisotopic (exact) mass is 152 g/mol. The van der Waals surface area contributed by atoms with Crippen molar-refractivity contribution in [3.05, 3.63) is 10.1 Å². The summed E-state index contributed by atoms with van der Waals surface area (Å²) in [5, 5.41) is 18.3. The number of rotatable bonds is 0. The number of nitrogens with two attached hydrogens (primary N) is 1. The van der Waals surface area contributed by atoms with Crippen molar-refractivity contribution in [1.82, 2.24) is 0 Å². The molecule has 5 nitrogen and oxygen atoms in total. The van der Waals surface area contributed by atoms with E-state index < -0.39 is 5.09 Å². The summed E-state index contributed by atoms with van der Waals surface area (Å²) in [6.45, 7) is 0. The minimum absolute atomic E-state index is 0. The van der Waals surface area contributed by atoms with Crippen LogP contribution >= 0.6 is 0 Å². The molecule has 0 bridgehead atoms. The molecule has 0 aliphatic carbocycles. The Balaban J connectivity index is -0.00000000990. The van der Waals surface area contributed by atoms with E-state index in [4.69, 9.17) is 15.3 Å². The van der Waals surface area contributed by atoms with E-state index >= 15 is 0 Å². The number of hydrogen-bond donors (Lipinski definition) is 2. The largest absolute Gasteiger partial charge is 2.00 e. The summed E-state index contributed by atoms with van der Waals surface area (Å²) in [7, 11) is 0.806. The van der Waals surface area contributed by atoms with Gasteiger partial charge in [0.15, 0.2) is 0 Å². The first-order valence-corrected chi connectivity index (χ1v) is 2.30. The normalized spacial score (nSPS) is 4.71. The first-order chi connectivity index (χ1) is 2.73. The molecule has 0 atom stereocenters. The average molecular weight is 152 g/mol. The van der Waals surface area contributed by atoms with Crippen LogP contribution in [0.25, 0.3) is 0 Å². The zero-order valence-corrected chi connectivity index (χ0v) is 8.20. The van der Waals surface area contributed by atoms with Crippen LogP contribution < -0.4 is 5.40 Å². The van der Waals surface area contributed by atoms with Gasteiger partial charge in [-0.05, 0) is 0 Å². The van der Waals surface area contributed by atoms with Gasteiger partial charge in [-0.3, -0.25) is 0 Å². The molecule has 7 heteroatoms. The summed E-state index contributed by atoms with van der Waals surface area (Å²) >= 11 is 0. The maximum absolute atomic E-state index is 8.36. The molecule has 0 radical (unpaired) electrons. The fourth-order valence-corrected chi connectivity index (χ4v) is 0. The van der Waals surface area contributed by atoms with Crippen molar-refractivity contribution in [3.8, 4) is 0 Å². The third kappa shape index (κ3) is 352. The van der Waals surface area contributed by atoms with Crippen LogP contribution in [0.1, 0.15) is 2.85 Å². The van der Waals surface area contributed by atoms with E-state index in [0.717, 1.165) is 10.4 Å². The van der Waals surface area contributed by atoms with Crippen LogP contribution in [-0.2, 0) is 0 Å². The Morgan fingerprint density at radius 1 is 1.86 bits per heavy atom. The molecule has 0 spiro atoms. The predicted octanol–water partition coefficient (Wildman–Crippen LogP) is -2.28. The van der Waals surface area contributed by atoms with E-state index in [1.807, 2.05) is 0 Å². The maximum Gasteiger partial charge on any atom is 2.00 e. The van der Waals surface area contributed by atoms with Crippen molar-refractivity contribution in [1.29, 1.82) is 0 Å². The minimum atomic E-state index is -1.50. The molecule has 0 heterocycles. The second-order valence-electron chi connectivity index (χ2n) is 0.238. The molecule has 0 fully saturated rings. The summed E-state index contributed by atoms with van der Waals surface area (Å²) in [5.41, 5.74) is 0. The minimum Gasteiger partial charge on any atom is -1.00 e. The van der Waals surface area contributed by atoms with Gasteiger partial charge in [0, 0.05) is 0 Å². The first kappa shape index (κ1) is 15.6. The molecule has 0 rings (SSSR count). The second-order valence-corrected chi connectivity index (χ2v) is 0.238. The van der Waals surface area contributed by atoms with Gasteiger partial charge < -0.3 is 13.5 Å². The molecule has 0 aromatic rings. The molecule has 0 aliphatic rings. The quantitative estimate of drug-likeness (QED) is 0.232. The molecular weight excluding hydrogens is 144 g/mol. The van der Waals surface area contributed by atoms with Crippen LogP contribution in [0.4, 0.5) is 0 Å². The number of hydrogen-bond acceptors (Lipinski definition) is 3. The molecule has 0 saturated heterocycles. The van der Waals surface area contributed by atoms with Gasteiger partial charge in [-0.2, -0.15) is 0 Å². The van der Waals surface area contributed by atoms with E-state index in [9.17, 15) is 0 Å². The third-order valence-electron chi connectivity index (χ3n) is 0. The van der Waals surface area contributed by atoms with E-state index in [1.54, 1.807) is 0 Å². The standard InChI is InChI=1S/Ca.HNO3.H5NSi.2H/c;2-1(3)4;1-2;;/h;(H,2,3,4);1H2,2H3;;/q+2;;;2*-1. The first-order valence-electron chi connectivity index (χ1n) is 1.14. The summed E-state index contributed by atoms with van der Waals surface area (Å²) in [6, 6.07) is 0. The SMILES string of the molecule is N[SiH3].O=[N+]([O-])O.[Ca+2].[H-].[H-]. The molecule has 3 N–H and O–H groups in total. The van der Waals surface area contributed by atoms with Gasteiger partial charge in [0.05, 0.1) is 10.4 Å². The molecule has 0 aliphatic heterocycles. The van der Waals surface area contributed by atoms with Gasteiger partial charge in [-0.25, -0.2) is 0 Å². The van der Waals surface area contributed by atoms with Crippen molar-refractivity contribution in [2.24, 2.45) is 5.40 Å². The smallest absolute Gasteiger partial charge is 1.00 e. The van der Waals surface area contributed by atoms with Gasteiger partial charge in [-0.15, -0.1) is 10.1 Å². The maximum atomic E-state index is 8.36. The van der Waals surface area contributed by atoms with Crippen LogP contribution in [0.2, 0.25) is 0 Å². The van der Waals surface area contributed by atoms with Crippen LogP contribution in [0.3, 0.4) is 0 Å². The van der Waals surface area contributed by atoms with Gasteiger partial charge in [0.25, 0.3) is 5.09 Å². The Labute approximate surface area is 76.5 Å². The summed E-state index contributed by atoms with van der Waals surface area (Å²) < 4.78 is 0. The Morgan fingerprint density at radius 3 is 1.86 bits per heavy atom. The van der Waals surface area contributed by atoms with Crippen LogP contribution in [-0.4, -0.2) is 58.4 Å². The van der Waals surface area contributed by atoms with Gasteiger partial charge in [-0.1, -0.05) is 0 Å². The molecule has 7 heavy (non-hydrogen) atoms. The molecule has 0 unspecified atom stereocenters. The van der Waals surface area contributed by atoms with Crippen LogP contribution in [0, 0.1) is 10.1 Å². The van der Waals surface area contributed by atoms with Crippen molar-refractivity contribution < 1.29 is 13.1 Å². The topological polar surface area (TPSA) is 89.4 Å². The summed E-state index contributed by atoms with van der Waals surface area (Å²) in [5.74, 6) is 0. The van der Waals surface area contributed by atoms with Crippen LogP contribution in [0.5, 0.6) is 0 Å². The van der Waals surface area contributed by atoms with E-state index in [-0.39, 0.29) is 40.6 Å². The fraction of sp³-hybridized carbons (Fsp3) is 0.